The van der Waals surface area contributed by atoms with Crippen LogP contribution in [0.15, 0.2) is 36.7 Å². The van der Waals surface area contributed by atoms with Gasteiger partial charge in [0.05, 0.1) is 6.04 Å². The van der Waals surface area contributed by atoms with E-state index in [-0.39, 0.29) is 6.04 Å². The minimum absolute atomic E-state index is 0.196. The molecule has 0 saturated heterocycles. The summed E-state index contributed by atoms with van der Waals surface area (Å²) in [6.07, 6.45) is 3.92. The van der Waals surface area contributed by atoms with Crippen molar-refractivity contribution in [2.45, 2.75) is 39.1 Å². The van der Waals surface area contributed by atoms with Crippen LogP contribution < -0.4 is 20.9 Å². The molecule has 4 N–H and O–H groups in total. The molecule has 1 aromatic carbocycles. The van der Waals surface area contributed by atoms with Crippen molar-refractivity contribution in [3.63, 3.8) is 0 Å². The lowest BCUT2D eigenvalue weighted by Gasteiger charge is -2.24. The SMILES string of the molecule is CC(C)CC(N)[C@H](N)Oc1ccc2c(c1)OCc1cnccc1-2. The molecule has 1 aromatic heterocycles. The van der Waals surface area contributed by atoms with Gasteiger partial charge < -0.3 is 15.2 Å². The Balaban J connectivity index is 1.78. The molecule has 5 nitrogen and oxygen atoms in total. The summed E-state index contributed by atoms with van der Waals surface area (Å²) >= 11 is 0. The molecule has 5 heteroatoms. The number of hydrogen-bond acceptors (Lipinski definition) is 5. The second kappa shape index (κ2) is 6.56. The summed E-state index contributed by atoms with van der Waals surface area (Å²) in [6, 6.07) is 7.57. The number of ether oxygens (including phenoxy) is 2. The molecule has 2 heterocycles. The largest absolute Gasteiger partial charge is 0.488 e. The van der Waals surface area contributed by atoms with Crippen LogP contribution in [0, 0.1) is 5.92 Å². The summed E-state index contributed by atoms with van der Waals surface area (Å²) in [5.41, 5.74) is 15.4. The van der Waals surface area contributed by atoms with Crippen molar-refractivity contribution in [2.75, 3.05) is 0 Å². The molecule has 1 aliphatic rings. The zero-order valence-electron chi connectivity index (χ0n) is 13.5. The quantitative estimate of drug-likeness (QED) is 0.829. The predicted octanol–water partition coefficient (Wildman–Crippen LogP) is 2.68. The molecular formula is C18H23N3O2. The van der Waals surface area contributed by atoms with Crippen LogP contribution in [-0.2, 0) is 6.61 Å². The van der Waals surface area contributed by atoms with Crippen LogP contribution in [0.1, 0.15) is 25.8 Å². The molecule has 1 aliphatic heterocycles. The molecule has 2 aromatic rings. The van der Waals surface area contributed by atoms with Gasteiger partial charge in [0.15, 0.2) is 6.23 Å². The van der Waals surface area contributed by atoms with Crippen LogP contribution in [0.4, 0.5) is 0 Å². The average molecular weight is 313 g/mol. The van der Waals surface area contributed by atoms with Crippen LogP contribution in [0.5, 0.6) is 11.5 Å². The van der Waals surface area contributed by atoms with Gasteiger partial charge in [0, 0.05) is 29.6 Å². The first-order valence-electron chi connectivity index (χ1n) is 7.92. The van der Waals surface area contributed by atoms with Gasteiger partial charge in [-0.05, 0) is 36.1 Å². The summed E-state index contributed by atoms with van der Waals surface area (Å²) in [5, 5.41) is 0. The van der Waals surface area contributed by atoms with Crippen molar-refractivity contribution in [1.29, 1.82) is 0 Å². The lowest BCUT2D eigenvalue weighted by molar-refractivity contribution is 0.165. The fourth-order valence-electron chi connectivity index (χ4n) is 2.80. The average Bonchev–Trinajstić information content (AvgIpc) is 2.53. The molecule has 0 bridgehead atoms. The Hall–Kier alpha value is -2.11. The molecule has 2 atom stereocenters. The Labute approximate surface area is 136 Å². The molecule has 0 amide bonds. The highest BCUT2D eigenvalue weighted by Gasteiger charge is 2.20. The van der Waals surface area contributed by atoms with E-state index >= 15 is 0 Å². The summed E-state index contributed by atoms with van der Waals surface area (Å²) < 4.78 is 11.6. The first kappa shape index (κ1) is 15.8. The first-order chi connectivity index (χ1) is 11.0. The zero-order chi connectivity index (χ0) is 16.4. The summed E-state index contributed by atoms with van der Waals surface area (Å²) in [4.78, 5) is 4.14. The van der Waals surface area contributed by atoms with Crippen molar-refractivity contribution >= 4 is 0 Å². The predicted molar refractivity (Wildman–Crippen MR) is 90.0 cm³/mol. The third-order valence-corrected chi connectivity index (χ3v) is 3.97. The Morgan fingerprint density at radius 2 is 2.04 bits per heavy atom. The van der Waals surface area contributed by atoms with E-state index in [1.54, 1.807) is 6.20 Å². The second-order valence-corrected chi connectivity index (χ2v) is 6.36. The van der Waals surface area contributed by atoms with Gasteiger partial charge in [-0.1, -0.05) is 13.8 Å². The minimum atomic E-state index is -0.532. The molecule has 0 fully saturated rings. The molecule has 3 rings (SSSR count). The van der Waals surface area contributed by atoms with Gasteiger partial charge in [0.1, 0.15) is 18.1 Å². The summed E-state index contributed by atoms with van der Waals surface area (Å²) in [6.45, 7) is 4.75. The van der Waals surface area contributed by atoms with E-state index in [1.807, 2.05) is 30.5 Å². The maximum atomic E-state index is 6.08. The van der Waals surface area contributed by atoms with Gasteiger partial charge in [0.25, 0.3) is 0 Å². The minimum Gasteiger partial charge on any atom is -0.488 e. The Kier molecular flexibility index (Phi) is 4.50. The lowest BCUT2D eigenvalue weighted by atomic mass is 9.99. The van der Waals surface area contributed by atoms with Crippen LogP contribution in [0.3, 0.4) is 0 Å². The maximum Gasteiger partial charge on any atom is 0.162 e. The monoisotopic (exact) mass is 313 g/mol. The van der Waals surface area contributed by atoms with E-state index in [0.717, 1.165) is 28.9 Å². The smallest absolute Gasteiger partial charge is 0.162 e. The van der Waals surface area contributed by atoms with Crippen LogP contribution >= 0.6 is 0 Å². The van der Waals surface area contributed by atoms with Gasteiger partial charge in [-0.3, -0.25) is 10.7 Å². The number of benzene rings is 1. The molecular weight excluding hydrogens is 290 g/mol. The van der Waals surface area contributed by atoms with Gasteiger partial charge >= 0.3 is 0 Å². The number of rotatable bonds is 5. The molecule has 122 valence electrons. The van der Waals surface area contributed by atoms with E-state index < -0.39 is 6.23 Å². The Bertz CT molecular complexity index is 688. The van der Waals surface area contributed by atoms with Gasteiger partial charge in [-0.15, -0.1) is 0 Å². The normalized spacial score (nSPS) is 15.3. The highest BCUT2D eigenvalue weighted by atomic mass is 16.5. The van der Waals surface area contributed by atoms with Crippen molar-refractivity contribution in [2.24, 2.45) is 17.4 Å². The first-order valence-corrected chi connectivity index (χ1v) is 7.92. The lowest BCUT2D eigenvalue weighted by Crippen LogP contribution is -2.46. The van der Waals surface area contributed by atoms with Crippen molar-refractivity contribution in [3.05, 3.63) is 42.2 Å². The van der Waals surface area contributed by atoms with Gasteiger partial charge in [-0.2, -0.15) is 0 Å². The fraction of sp³-hybridized carbons (Fsp3) is 0.389. The molecule has 0 saturated carbocycles. The Morgan fingerprint density at radius 1 is 1.22 bits per heavy atom. The fourth-order valence-corrected chi connectivity index (χ4v) is 2.80. The maximum absolute atomic E-state index is 6.08. The molecule has 0 radical (unpaired) electrons. The molecule has 23 heavy (non-hydrogen) atoms. The second-order valence-electron chi connectivity index (χ2n) is 6.36. The number of hydrogen-bond donors (Lipinski definition) is 2. The number of fused-ring (bicyclic) bond motifs is 3. The highest BCUT2D eigenvalue weighted by Crippen LogP contribution is 2.39. The topological polar surface area (TPSA) is 83.4 Å². The Morgan fingerprint density at radius 3 is 2.83 bits per heavy atom. The van der Waals surface area contributed by atoms with E-state index in [9.17, 15) is 0 Å². The number of pyridine rings is 1. The molecule has 0 spiro atoms. The van der Waals surface area contributed by atoms with Crippen LogP contribution in [0.2, 0.25) is 0 Å². The number of nitrogens with two attached hydrogens (primary N) is 2. The zero-order valence-corrected chi connectivity index (χ0v) is 13.5. The van der Waals surface area contributed by atoms with Gasteiger partial charge in [0.2, 0.25) is 0 Å². The highest BCUT2D eigenvalue weighted by molar-refractivity contribution is 5.75. The van der Waals surface area contributed by atoms with Crippen LogP contribution in [-0.4, -0.2) is 17.3 Å². The summed E-state index contributed by atoms with van der Waals surface area (Å²) in [7, 11) is 0. The van der Waals surface area contributed by atoms with E-state index in [0.29, 0.717) is 18.3 Å². The molecule has 0 aliphatic carbocycles. The van der Waals surface area contributed by atoms with Crippen molar-refractivity contribution in [1.82, 2.24) is 4.98 Å². The van der Waals surface area contributed by atoms with Crippen molar-refractivity contribution < 1.29 is 9.47 Å². The standard InChI is InChI=1S/C18H23N3O2/c1-11(2)7-16(19)18(20)23-13-3-4-15-14-5-6-21-9-12(14)10-22-17(15)8-13/h3-6,8-9,11,16,18H,7,10,19-20H2,1-2H3/t16?,18-/m1/s1. The number of nitrogens with zero attached hydrogens (tertiary/aromatic N) is 1. The molecule has 1 unspecified atom stereocenters. The van der Waals surface area contributed by atoms with Crippen molar-refractivity contribution in [3.8, 4) is 22.6 Å². The van der Waals surface area contributed by atoms with Gasteiger partial charge in [-0.25, -0.2) is 0 Å². The van der Waals surface area contributed by atoms with Crippen LogP contribution in [0.25, 0.3) is 11.1 Å². The third-order valence-electron chi connectivity index (χ3n) is 3.97. The van der Waals surface area contributed by atoms with E-state index in [4.69, 9.17) is 20.9 Å². The van der Waals surface area contributed by atoms with E-state index in [2.05, 4.69) is 18.8 Å². The summed E-state index contributed by atoms with van der Waals surface area (Å²) in [5.74, 6) is 1.95. The van der Waals surface area contributed by atoms with E-state index in [1.165, 1.54) is 0 Å². The number of aromatic nitrogens is 1. The third kappa shape index (κ3) is 3.46.